The molecule has 3 aromatic rings. The molecule has 1 N–H and O–H groups in total. The monoisotopic (exact) mass is 430 g/mol. The van der Waals surface area contributed by atoms with Crippen molar-refractivity contribution in [3.8, 4) is 5.75 Å². The number of carbonyl (C=O) groups is 1. The van der Waals surface area contributed by atoms with Crippen LogP contribution in [-0.2, 0) is 25.9 Å². The molecule has 0 aliphatic heterocycles. The minimum atomic E-state index is -0.882. The van der Waals surface area contributed by atoms with E-state index in [-0.39, 0.29) is 0 Å². The molecular formula is C29H34O3. The number of unbranched alkanes of at least 4 members (excludes halogenated alkanes) is 3. The van der Waals surface area contributed by atoms with E-state index in [1.807, 2.05) is 30.3 Å². The maximum Gasteiger partial charge on any atom is 0.335 e. The smallest absolute Gasteiger partial charge is 0.335 e. The molecule has 0 saturated carbocycles. The number of aromatic carboxylic acids is 1. The lowest BCUT2D eigenvalue weighted by Crippen LogP contribution is -2.01. The van der Waals surface area contributed by atoms with Gasteiger partial charge in [0.1, 0.15) is 12.4 Å². The van der Waals surface area contributed by atoms with E-state index in [4.69, 9.17) is 9.84 Å². The average molecular weight is 431 g/mol. The second-order valence-electron chi connectivity index (χ2n) is 8.38. The molecule has 3 aromatic carbocycles. The van der Waals surface area contributed by atoms with Gasteiger partial charge < -0.3 is 9.84 Å². The summed E-state index contributed by atoms with van der Waals surface area (Å²) in [6.07, 6.45) is 9.02. The third-order valence-corrected chi connectivity index (χ3v) is 5.79. The molecule has 168 valence electrons. The Labute approximate surface area is 192 Å². The maximum atomic E-state index is 11.0. The fraction of sp³-hybridized carbons (Fsp3) is 0.345. The van der Waals surface area contributed by atoms with Gasteiger partial charge in [-0.25, -0.2) is 4.79 Å². The largest absolute Gasteiger partial charge is 0.489 e. The highest BCUT2D eigenvalue weighted by molar-refractivity contribution is 5.87. The molecule has 0 aliphatic carbocycles. The molecular weight excluding hydrogens is 396 g/mol. The van der Waals surface area contributed by atoms with Crippen molar-refractivity contribution in [3.63, 3.8) is 0 Å². The van der Waals surface area contributed by atoms with Crippen molar-refractivity contribution in [1.82, 2.24) is 0 Å². The number of carboxylic acids is 1. The molecule has 3 heteroatoms. The zero-order chi connectivity index (χ0) is 22.6. The first-order chi connectivity index (χ1) is 15.7. The molecule has 3 nitrogen and oxygen atoms in total. The lowest BCUT2D eigenvalue weighted by molar-refractivity contribution is 0.0697. The average Bonchev–Trinajstić information content (AvgIpc) is 2.82. The minimum absolute atomic E-state index is 0.334. The number of aryl methyl sites for hydroxylation is 3. The maximum absolute atomic E-state index is 11.0. The van der Waals surface area contributed by atoms with Gasteiger partial charge in [0, 0.05) is 0 Å². The van der Waals surface area contributed by atoms with Gasteiger partial charge in [-0.3, -0.25) is 0 Å². The van der Waals surface area contributed by atoms with Crippen molar-refractivity contribution in [3.05, 3.63) is 101 Å². The van der Waals surface area contributed by atoms with Crippen LogP contribution in [0.4, 0.5) is 0 Å². The van der Waals surface area contributed by atoms with E-state index in [0.717, 1.165) is 37.0 Å². The van der Waals surface area contributed by atoms with E-state index in [2.05, 4.69) is 37.3 Å². The predicted octanol–water partition coefficient (Wildman–Crippen LogP) is 7.26. The number of hydrogen-bond donors (Lipinski definition) is 1. The highest BCUT2D eigenvalue weighted by Crippen LogP contribution is 2.25. The summed E-state index contributed by atoms with van der Waals surface area (Å²) in [6, 6.07) is 24.1. The Morgan fingerprint density at radius 1 is 0.750 bits per heavy atom. The Kier molecular flexibility index (Phi) is 9.37. The molecule has 0 radical (unpaired) electrons. The Balaban J connectivity index is 1.64. The number of rotatable bonds is 13. The Morgan fingerprint density at radius 2 is 1.47 bits per heavy atom. The van der Waals surface area contributed by atoms with Crippen LogP contribution in [0.15, 0.2) is 72.8 Å². The minimum Gasteiger partial charge on any atom is -0.489 e. The summed E-state index contributed by atoms with van der Waals surface area (Å²) in [6.45, 7) is 2.81. The fourth-order valence-corrected chi connectivity index (χ4v) is 3.91. The highest BCUT2D eigenvalue weighted by atomic mass is 16.5. The first kappa shape index (κ1) is 23.6. The summed E-state index contributed by atoms with van der Waals surface area (Å²) in [7, 11) is 0. The van der Waals surface area contributed by atoms with Crippen LogP contribution in [0, 0.1) is 0 Å². The fourth-order valence-electron chi connectivity index (χ4n) is 3.91. The van der Waals surface area contributed by atoms with Gasteiger partial charge in [-0.05, 0) is 72.6 Å². The van der Waals surface area contributed by atoms with Crippen LogP contribution in [-0.4, -0.2) is 11.1 Å². The molecule has 32 heavy (non-hydrogen) atoms. The number of benzene rings is 3. The first-order valence-corrected chi connectivity index (χ1v) is 11.8. The second-order valence-corrected chi connectivity index (χ2v) is 8.38. The van der Waals surface area contributed by atoms with E-state index in [9.17, 15) is 4.79 Å². The van der Waals surface area contributed by atoms with E-state index < -0.39 is 5.97 Å². The van der Waals surface area contributed by atoms with Crippen LogP contribution in [0.3, 0.4) is 0 Å². The van der Waals surface area contributed by atoms with Gasteiger partial charge in [0.05, 0.1) is 5.56 Å². The van der Waals surface area contributed by atoms with Gasteiger partial charge in [0.15, 0.2) is 0 Å². The van der Waals surface area contributed by atoms with Gasteiger partial charge >= 0.3 is 5.97 Å². The lowest BCUT2D eigenvalue weighted by atomic mass is 9.98. The topological polar surface area (TPSA) is 46.5 Å². The normalized spacial score (nSPS) is 10.8. The zero-order valence-electron chi connectivity index (χ0n) is 19.1. The summed E-state index contributed by atoms with van der Waals surface area (Å²) >= 11 is 0. The Morgan fingerprint density at radius 3 is 2.19 bits per heavy atom. The van der Waals surface area contributed by atoms with Crippen LogP contribution in [0.1, 0.15) is 71.6 Å². The lowest BCUT2D eigenvalue weighted by Gasteiger charge is -2.14. The molecule has 0 fully saturated rings. The van der Waals surface area contributed by atoms with Gasteiger partial charge in [0.2, 0.25) is 0 Å². The van der Waals surface area contributed by atoms with E-state index in [1.165, 1.54) is 42.4 Å². The summed E-state index contributed by atoms with van der Waals surface area (Å²) in [5.41, 5.74) is 5.31. The number of ether oxygens (including phenoxy) is 1. The van der Waals surface area contributed by atoms with E-state index in [1.54, 1.807) is 12.1 Å². The van der Waals surface area contributed by atoms with Gasteiger partial charge in [-0.1, -0.05) is 80.8 Å². The Bertz CT molecular complexity index is 961. The molecule has 0 heterocycles. The molecule has 0 amide bonds. The second kappa shape index (κ2) is 12.7. The van der Waals surface area contributed by atoms with Crippen molar-refractivity contribution >= 4 is 5.97 Å². The zero-order valence-corrected chi connectivity index (χ0v) is 19.1. The standard InChI is InChI=1S/C29H34O3/c1-2-3-4-6-10-24-17-20-28(32-22-25-11-7-5-8-12-25)27(21-24)14-9-13-23-15-18-26(19-16-23)29(30)31/h5,7-8,11-12,15-21H,2-4,6,9-10,13-14,22H2,1H3,(H,30,31). The first-order valence-electron chi connectivity index (χ1n) is 11.8. The quantitative estimate of drug-likeness (QED) is 0.290. The molecule has 0 unspecified atom stereocenters. The van der Waals surface area contributed by atoms with Crippen molar-refractivity contribution in [2.45, 2.75) is 64.9 Å². The van der Waals surface area contributed by atoms with E-state index >= 15 is 0 Å². The van der Waals surface area contributed by atoms with Crippen LogP contribution in [0.25, 0.3) is 0 Å². The summed E-state index contributed by atoms with van der Waals surface area (Å²) in [5, 5.41) is 9.07. The van der Waals surface area contributed by atoms with Crippen molar-refractivity contribution in [1.29, 1.82) is 0 Å². The van der Waals surface area contributed by atoms with Crippen LogP contribution >= 0.6 is 0 Å². The van der Waals surface area contributed by atoms with Gasteiger partial charge in [-0.2, -0.15) is 0 Å². The predicted molar refractivity (Wildman–Crippen MR) is 130 cm³/mol. The molecule has 0 spiro atoms. The molecule has 0 saturated heterocycles. The Hall–Kier alpha value is -3.07. The molecule has 0 aliphatic rings. The van der Waals surface area contributed by atoms with E-state index in [0.29, 0.717) is 12.2 Å². The van der Waals surface area contributed by atoms with Crippen molar-refractivity contribution in [2.75, 3.05) is 0 Å². The summed E-state index contributed by atoms with van der Waals surface area (Å²) in [5.74, 6) is 0.0832. The SMILES string of the molecule is CCCCCCc1ccc(OCc2ccccc2)c(CCCc2ccc(C(=O)O)cc2)c1. The molecule has 0 atom stereocenters. The molecule has 0 bridgehead atoms. The number of hydrogen-bond acceptors (Lipinski definition) is 2. The van der Waals surface area contributed by atoms with Crippen molar-refractivity contribution < 1.29 is 14.6 Å². The van der Waals surface area contributed by atoms with Crippen LogP contribution in [0.2, 0.25) is 0 Å². The van der Waals surface area contributed by atoms with Gasteiger partial charge in [0.25, 0.3) is 0 Å². The van der Waals surface area contributed by atoms with Crippen molar-refractivity contribution in [2.24, 2.45) is 0 Å². The van der Waals surface area contributed by atoms with Gasteiger partial charge in [-0.15, -0.1) is 0 Å². The number of carboxylic acid groups (broad SMARTS) is 1. The van der Waals surface area contributed by atoms with Crippen LogP contribution in [0.5, 0.6) is 5.75 Å². The summed E-state index contributed by atoms with van der Waals surface area (Å²) < 4.78 is 6.20. The third kappa shape index (κ3) is 7.56. The van der Waals surface area contributed by atoms with Crippen LogP contribution < -0.4 is 4.74 Å². The molecule has 3 rings (SSSR count). The highest BCUT2D eigenvalue weighted by Gasteiger charge is 2.08. The summed E-state index contributed by atoms with van der Waals surface area (Å²) in [4.78, 5) is 11.0. The third-order valence-electron chi connectivity index (χ3n) is 5.79. The molecule has 0 aromatic heterocycles.